The van der Waals surface area contributed by atoms with Crippen LogP contribution in [0.5, 0.6) is 0 Å². The van der Waals surface area contributed by atoms with E-state index in [-0.39, 0.29) is 12.3 Å². The molecule has 3 N–H and O–H groups in total. The predicted octanol–water partition coefficient (Wildman–Crippen LogP) is 3.72. The van der Waals surface area contributed by atoms with E-state index in [0.717, 1.165) is 16.6 Å². The molecule has 0 aliphatic heterocycles. The van der Waals surface area contributed by atoms with Gasteiger partial charge in [-0.25, -0.2) is 9.78 Å². The number of imide groups is 1. The van der Waals surface area contributed by atoms with Gasteiger partial charge in [0, 0.05) is 23.7 Å². The maximum atomic E-state index is 11.8. The molecule has 0 aliphatic carbocycles. The molecule has 26 heavy (non-hydrogen) atoms. The molecule has 3 aromatic rings. The minimum atomic E-state index is -0.498. The van der Waals surface area contributed by atoms with Crippen LogP contribution in [-0.2, 0) is 11.3 Å². The first-order valence-electron chi connectivity index (χ1n) is 8.00. The second kappa shape index (κ2) is 8.73. The molecule has 0 saturated heterocycles. The summed E-state index contributed by atoms with van der Waals surface area (Å²) in [5.41, 5.74) is 2.64. The third-order valence-corrected chi connectivity index (χ3v) is 4.65. The van der Waals surface area contributed by atoms with E-state index in [2.05, 4.69) is 20.6 Å². The second-order valence-corrected chi connectivity index (χ2v) is 7.04. The smallest absolute Gasteiger partial charge is 0.321 e. The van der Waals surface area contributed by atoms with Crippen molar-refractivity contribution < 1.29 is 9.59 Å². The van der Waals surface area contributed by atoms with Crippen LogP contribution in [0.1, 0.15) is 12.0 Å². The number of rotatable bonds is 6. The van der Waals surface area contributed by atoms with Gasteiger partial charge in [0.05, 0.1) is 11.0 Å². The Morgan fingerprint density at radius 3 is 2.77 bits per heavy atom. The summed E-state index contributed by atoms with van der Waals surface area (Å²) in [5, 5.41) is 6.32. The Balaban J connectivity index is 1.39. The lowest BCUT2D eigenvalue weighted by atomic mass is 10.2. The minimum absolute atomic E-state index is 0.210. The summed E-state index contributed by atoms with van der Waals surface area (Å²) in [4.78, 5) is 31.1. The fourth-order valence-corrected chi connectivity index (χ4v) is 3.28. The summed E-state index contributed by atoms with van der Waals surface area (Å²) in [6.45, 7) is 0.371. The molecule has 0 atom stereocenters. The summed E-state index contributed by atoms with van der Waals surface area (Å²) < 4.78 is 0. The molecule has 0 spiro atoms. The zero-order valence-corrected chi connectivity index (χ0v) is 15.4. The molecule has 0 unspecified atom stereocenters. The first-order valence-corrected chi connectivity index (χ1v) is 9.36. The molecule has 0 bridgehead atoms. The van der Waals surface area contributed by atoms with Gasteiger partial charge < -0.3 is 10.3 Å². The van der Waals surface area contributed by atoms with E-state index < -0.39 is 6.03 Å². The van der Waals surface area contributed by atoms with Crippen molar-refractivity contribution in [3.8, 4) is 0 Å². The van der Waals surface area contributed by atoms with E-state index in [4.69, 9.17) is 11.6 Å². The summed E-state index contributed by atoms with van der Waals surface area (Å²) in [7, 11) is 0. The summed E-state index contributed by atoms with van der Waals surface area (Å²) >= 11 is 7.36. The number of amides is 3. The van der Waals surface area contributed by atoms with E-state index >= 15 is 0 Å². The Labute approximate surface area is 159 Å². The lowest BCUT2D eigenvalue weighted by molar-refractivity contribution is -0.119. The highest BCUT2D eigenvalue weighted by Gasteiger charge is 2.09. The molecular formula is C18H17ClN4O2S. The number of carbonyl (C=O) groups is 2. The monoisotopic (exact) mass is 388 g/mol. The SMILES string of the molecule is O=C(CCSc1nc2ccc(Cl)cc2[nH]1)NC(=O)NCc1ccccc1. The van der Waals surface area contributed by atoms with Gasteiger partial charge >= 0.3 is 6.03 Å². The van der Waals surface area contributed by atoms with Crippen LogP contribution >= 0.6 is 23.4 Å². The van der Waals surface area contributed by atoms with Crippen LogP contribution in [0.25, 0.3) is 11.0 Å². The molecule has 0 radical (unpaired) electrons. The lowest BCUT2D eigenvalue weighted by Crippen LogP contribution is -2.39. The van der Waals surface area contributed by atoms with E-state index in [0.29, 0.717) is 22.5 Å². The van der Waals surface area contributed by atoms with Crippen molar-refractivity contribution in [2.45, 2.75) is 18.1 Å². The number of carbonyl (C=O) groups excluding carboxylic acids is 2. The highest BCUT2D eigenvalue weighted by atomic mass is 35.5. The molecule has 2 aromatic carbocycles. The largest absolute Gasteiger partial charge is 0.334 e. The average molecular weight is 389 g/mol. The van der Waals surface area contributed by atoms with Crippen LogP contribution in [-0.4, -0.2) is 27.7 Å². The number of benzene rings is 2. The lowest BCUT2D eigenvalue weighted by Gasteiger charge is -2.06. The molecule has 3 rings (SSSR count). The van der Waals surface area contributed by atoms with E-state index in [1.165, 1.54) is 11.8 Å². The predicted molar refractivity (Wildman–Crippen MR) is 103 cm³/mol. The fraction of sp³-hybridized carbons (Fsp3) is 0.167. The van der Waals surface area contributed by atoms with Crippen LogP contribution in [0.3, 0.4) is 0 Å². The standard InChI is InChI=1S/C18H17ClN4O2S/c19-13-6-7-14-15(10-13)22-18(21-14)26-9-8-16(24)23-17(25)20-11-12-4-2-1-3-5-12/h1-7,10H,8-9,11H2,(H,21,22)(H2,20,23,24,25). The number of H-pyrrole nitrogens is 1. The number of imidazole rings is 1. The quantitative estimate of drug-likeness (QED) is 0.561. The molecular weight excluding hydrogens is 372 g/mol. The van der Waals surface area contributed by atoms with Gasteiger partial charge in [0.2, 0.25) is 5.91 Å². The molecule has 0 fully saturated rings. The number of hydrogen-bond acceptors (Lipinski definition) is 4. The number of urea groups is 1. The average Bonchev–Trinajstić information content (AvgIpc) is 3.02. The van der Waals surface area contributed by atoms with Crippen LogP contribution in [0.15, 0.2) is 53.7 Å². The summed E-state index contributed by atoms with van der Waals surface area (Å²) in [6.07, 6.45) is 0.210. The fourth-order valence-electron chi connectivity index (χ4n) is 2.28. The van der Waals surface area contributed by atoms with E-state index in [1.54, 1.807) is 12.1 Å². The number of thioether (sulfide) groups is 1. The first kappa shape index (κ1) is 18.3. The number of nitrogens with zero attached hydrogens (tertiary/aromatic N) is 1. The summed E-state index contributed by atoms with van der Waals surface area (Å²) in [5.74, 6) is 0.174. The van der Waals surface area contributed by atoms with Crippen LogP contribution in [0.4, 0.5) is 4.79 Å². The topological polar surface area (TPSA) is 86.9 Å². The third kappa shape index (κ3) is 5.24. The first-order chi connectivity index (χ1) is 12.6. The van der Waals surface area contributed by atoms with Crippen molar-refractivity contribution in [2.24, 2.45) is 0 Å². The van der Waals surface area contributed by atoms with Gasteiger partial charge in [0.15, 0.2) is 5.16 Å². The second-order valence-electron chi connectivity index (χ2n) is 5.52. The number of nitrogens with one attached hydrogen (secondary N) is 3. The zero-order valence-electron chi connectivity index (χ0n) is 13.8. The van der Waals surface area contributed by atoms with Crippen molar-refractivity contribution in [1.29, 1.82) is 0 Å². The number of fused-ring (bicyclic) bond motifs is 1. The molecule has 1 aromatic heterocycles. The Morgan fingerprint density at radius 1 is 1.15 bits per heavy atom. The van der Waals surface area contributed by atoms with Crippen molar-refractivity contribution in [3.05, 3.63) is 59.1 Å². The number of hydrogen-bond donors (Lipinski definition) is 3. The van der Waals surface area contributed by atoms with Crippen molar-refractivity contribution in [2.75, 3.05) is 5.75 Å². The Bertz CT molecular complexity index is 914. The molecule has 0 aliphatic rings. The van der Waals surface area contributed by atoms with Crippen molar-refractivity contribution in [3.63, 3.8) is 0 Å². The highest BCUT2D eigenvalue weighted by molar-refractivity contribution is 7.99. The minimum Gasteiger partial charge on any atom is -0.334 e. The molecule has 3 amide bonds. The molecule has 134 valence electrons. The maximum Gasteiger partial charge on any atom is 0.321 e. The maximum absolute atomic E-state index is 11.8. The van der Waals surface area contributed by atoms with Gasteiger partial charge in [0.1, 0.15) is 0 Å². The van der Waals surface area contributed by atoms with Crippen molar-refractivity contribution in [1.82, 2.24) is 20.6 Å². The Hall–Kier alpha value is -2.51. The van der Waals surface area contributed by atoms with E-state index in [1.807, 2.05) is 36.4 Å². The van der Waals surface area contributed by atoms with Gasteiger partial charge in [-0.1, -0.05) is 53.7 Å². The van der Waals surface area contributed by atoms with Gasteiger partial charge in [-0.2, -0.15) is 0 Å². The van der Waals surface area contributed by atoms with Crippen LogP contribution in [0, 0.1) is 0 Å². The highest BCUT2D eigenvalue weighted by Crippen LogP contribution is 2.22. The molecule has 8 heteroatoms. The Morgan fingerprint density at radius 2 is 1.96 bits per heavy atom. The zero-order chi connectivity index (χ0) is 18.4. The number of halogens is 1. The van der Waals surface area contributed by atoms with Gasteiger partial charge in [-0.05, 0) is 23.8 Å². The van der Waals surface area contributed by atoms with E-state index in [9.17, 15) is 9.59 Å². The number of aromatic amines is 1. The molecule has 6 nitrogen and oxygen atoms in total. The van der Waals surface area contributed by atoms with Crippen molar-refractivity contribution >= 4 is 46.3 Å². The molecule has 0 saturated carbocycles. The normalized spacial score (nSPS) is 10.7. The van der Waals surface area contributed by atoms with Gasteiger partial charge in [-0.3, -0.25) is 10.1 Å². The summed E-state index contributed by atoms with van der Waals surface area (Å²) in [6, 6.07) is 14.4. The van der Waals surface area contributed by atoms with Gasteiger partial charge in [0.25, 0.3) is 0 Å². The number of aromatic nitrogens is 2. The Kier molecular flexibility index (Phi) is 6.14. The van der Waals surface area contributed by atoms with Gasteiger partial charge in [-0.15, -0.1) is 0 Å². The third-order valence-electron chi connectivity index (χ3n) is 3.54. The van der Waals surface area contributed by atoms with Crippen LogP contribution in [0.2, 0.25) is 5.02 Å². The molecule has 1 heterocycles. The van der Waals surface area contributed by atoms with Crippen LogP contribution < -0.4 is 10.6 Å².